The molecule has 2 unspecified atom stereocenters. The number of hydrogen-bond donors (Lipinski definition) is 1. The molecule has 6 nitrogen and oxygen atoms in total. The quantitative estimate of drug-likeness (QED) is 0.664. The van der Waals surface area contributed by atoms with Crippen LogP contribution in [0, 0.1) is 29.0 Å². The van der Waals surface area contributed by atoms with E-state index in [9.17, 15) is 9.18 Å². The summed E-state index contributed by atoms with van der Waals surface area (Å²) < 4.78 is 16.0. The van der Waals surface area contributed by atoms with Crippen molar-refractivity contribution in [1.29, 1.82) is 5.26 Å². The van der Waals surface area contributed by atoms with Gasteiger partial charge in [0.1, 0.15) is 11.9 Å². The minimum Gasteiger partial charge on any atom is -0.369 e. The van der Waals surface area contributed by atoms with Crippen molar-refractivity contribution >= 4 is 16.7 Å². The zero-order valence-electron chi connectivity index (χ0n) is 18.6. The first-order valence-corrected chi connectivity index (χ1v) is 12.0. The van der Waals surface area contributed by atoms with Gasteiger partial charge >= 0.3 is 5.69 Å². The number of rotatable bonds is 3. The van der Waals surface area contributed by atoms with E-state index in [2.05, 4.69) is 14.8 Å². The highest BCUT2D eigenvalue weighted by Crippen LogP contribution is 2.50. The van der Waals surface area contributed by atoms with E-state index < -0.39 is 5.82 Å². The third-order valence-electron chi connectivity index (χ3n) is 8.22. The van der Waals surface area contributed by atoms with E-state index in [4.69, 9.17) is 5.26 Å². The predicted molar refractivity (Wildman–Crippen MR) is 126 cm³/mol. The summed E-state index contributed by atoms with van der Waals surface area (Å²) in [4.78, 5) is 20.5. The molecule has 7 heteroatoms. The monoisotopic (exact) mass is 445 g/mol. The van der Waals surface area contributed by atoms with Crippen LogP contribution in [0.15, 0.2) is 47.3 Å². The van der Waals surface area contributed by atoms with Crippen LogP contribution in [0.4, 0.5) is 10.1 Å². The second kappa shape index (κ2) is 8.03. The zero-order chi connectivity index (χ0) is 22.5. The largest absolute Gasteiger partial charge is 0.369 e. The first-order valence-electron chi connectivity index (χ1n) is 12.0. The number of hydrogen-bond acceptors (Lipinski definition) is 4. The standard InChI is InChI=1S/C26H28FN5O/c27-23-15-20(6-5-17(23)16-28)30-7-9-31(10-8-30)21-11-18-13-22(14-19(18)12-21)32-25-4-2-1-3-24(25)29-26(32)33/h1-6,15,18-19,21-22H,7-14H2,(H,29,33). The molecule has 2 saturated carbocycles. The van der Waals surface area contributed by atoms with Crippen molar-refractivity contribution < 1.29 is 4.39 Å². The summed E-state index contributed by atoms with van der Waals surface area (Å²) in [5, 5.41) is 8.95. The Hall–Kier alpha value is -3.11. The van der Waals surface area contributed by atoms with Crippen molar-refractivity contribution in [3.63, 3.8) is 0 Å². The van der Waals surface area contributed by atoms with E-state index in [0.717, 1.165) is 55.7 Å². The van der Waals surface area contributed by atoms with Gasteiger partial charge in [-0.05, 0) is 67.9 Å². The highest BCUT2D eigenvalue weighted by Gasteiger charge is 2.44. The SMILES string of the molecule is N#Cc1ccc(N2CCN(C3CC4CC(n5c(=O)[nH]c6ccccc65)CC4C3)CC2)cc1F. The summed E-state index contributed by atoms with van der Waals surface area (Å²) in [6.45, 7) is 3.73. The number of H-pyrrole nitrogens is 1. The maximum absolute atomic E-state index is 14.0. The zero-order valence-corrected chi connectivity index (χ0v) is 18.6. The van der Waals surface area contributed by atoms with Crippen molar-refractivity contribution in [3.05, 3.63) is 64.3 Å². The lowest BCUT2D eigenvalue weighted by Crippen LogP contribution is -2.50. The fraction of sp³-hybridized carbons (Fsp3) is 0.462. The Kier molecular flexibility index (Phi) is 4.99. The number of aromatic amines is 1. The van der Waals surface area contributed by atoms with Gasteiger partial charge in [-0.15, -0.1) is 0 Å². The molecule has 33 heavy (non-hydrogen) atoms. The number of aromatic nitrogens is 2. The first-order chi connectivity index (χ1) is 16.1. The van der Waals surface area contributed by atoms with Crippen molar-refractivity contribution in [2.45, 2.75) is 37.8 Å². The molecule has 3 aliphatic rings. The van der Waals surface area contributed by atoms with Crippen LogP contribution in [-0.4, -0.2) is 46.7 Å². The van der Waals surface area contributed by atoms with Crippen LogP contribution in [0.2, 0.25) is 0 Å². The Morgan fingerprint density at radius 1 is 0.939 bits per heavy atom. The van der Waals surface area contributed by atoms with Gasteiger partial charge in [-0.1, -0.05) is 12.1 Å². The number of benzene rings is 2. The Bertz CT molecular complexity index is 1270. The summed E-state index contributed by atoms with van der Waals surface area (Å²) in [6.07, 6.45) is 4.61. The molecule has 0 bridgehead atoms. The third kappa shape index (κ3) is 3.53. The van der Waals surface area contributed by atoms with Crippen molar-refractivity contribution in [2.24, 2.45) is 11.8 Å². The molecule has 2 atom stereocenters. The van der Waals surface area contributed by atoms with E-state index in [1.807, 2.05) is 41.0 Å². The van der Waals surface area contributed by atoms with Crippen LogP contribution in [0.1, 0.15) is 37.3 Å². The summed E-state index contributed by atoms with van der Waals surface area (Å²) in [6, 6.07) is 15.7. The van der Waals surface area contributed by atoms with Gasteiger partial charge < -0.3 is 9.88 Å². The summed E-state index contributed by atoms with van der Waals surface area (Å²) in [5.74, 6) is 0.933. The number of fused-ring (bicyclic) bond motifs is 2. The lowest BCUT2D eigenvalue weighted by atomic mass is 10.0. The number of piperazine rings is 1. The molecular formula is C26H28FN5O. The van der Waals surface area contributed by atoms with E-state index >= 15 is 0 Å². The topological polar surface area (TPSA) is 68.1 Å². The first kappa shape index (κ1) is 20.5. The van der Waals surface area contributed by atoms with Gasteiger partial charge in [0.15, 0.2) is 0 Å². The second-order valence-electron chi connectivity index (χ2n) is 9.89. The molecule has 6 rings (SSSR count). The molecule has 1 saturated heterocycles. The molecule has 2 aliphatic carbocycles. The average Bonchev–Trinajstić information content (AvgIpc) is 3.49. The Morgan fingerprint density at radius 2 is 1.64 bits per heavy atom. The Labute approximate surface area is 192 Å². The minimum atomic E-state index is -0.440. The second-order valence-corrected chi connectivity index (χ2v) is 9.89. The fourth-order valence-corrected chi connectivity index (χ4v) is 6.63. The van der Waals surface area contributed by atoms with Gasteiger partial charge in [0, 0.05) is 44.0 Å². The average molecular weight is 446 g/mol. The molecule has 1 N–H and O–H groups in total. The molecule has 3 fully saturated rings. The number of nitriles is 1. The van der Waals surface area contributed by atoms with Gasteiger partial charge in [-0.2, -0.15) is 5.26 Å². The van der Waals surface area contributed by atoms with Crippen molar-refractivity contribution in [3.8, 4) is 6.07 Å². The molecule has 1 aliphatic heterocycles. The molecule has 3 aromatic rings. The normalized spacial score (nSPS) is 27.7. The van der Waals surface area contributed by atoms with Crippen molar-refractivity contribution in [1.82, 2.24) is 14.5 Å². The van der Waals surface area contributed by atoms with Crippen LogP contribution >= 0.6 is 0 Å². The molecule has 1 aromatic heterocycles. The van der Waals surface area contributed by atoms with Crippen molar-refractivity contribution in [2.75, 3.05) is 31.1 Å². The molecule has 0 amide bonds. The van der Waals surface area contributed by atoms with E-state index in [0.29, 0.717) is 23.9 Å². The number of nitrogens with zero attached hydrogens (tertiary/aromatic N) is 4. The number of halogens is 1. The lowest BCUT2D eigenvalue weighted by Gasteiger charge is -2.39. The van der Waals surface area contributed by atoms with Gasteiger partial charge in [0.05, 0.1) is 16.6 Å². The predicted octanol–water partition coefficient (Wildman–Crippen LogP) is 3.89. The molecule has 0 spiro atoms. The number of nitrogens with one attached hydrogen (secondary N) is 1. The van der Waals surface area contributed by atoms with E-state index in [-0.39, 0.29) is 11.3 Å². The Balaban J connectivity index is 1.08. The van der Waals surface area contributed by atoms with Crippen LogP contribution in [0.5, 0.6) is 0 Å². The maximum atomic E-state index is 14.0. The highest BCUT2D eigenvalue weighted by atomic mass is 19.1. The van der Waals surface area contributed by atoms with Gasteiger partial charge in [-0.25, -0.2) is 9.18 Å². The van der Waals surface area contributed by atoms with Crippen LogP contribution < -0.4 is 10.6 Å². The van der Waals surface area contributed by atoms with E-state index in [1.165, 1.54) is 18.9 Å². The Morgan fingerprint density at radius 3 is 2.33 bits per heavy atom. The van der Waals surface area contributed by atoms with E-state index in [1.54, 1.807) is 6.07 Å². The third-order valence-corrected chi connectivity index (χ3v) is 8.22. The molecule has 170 valence electrons. The maximum Gasteiger partial charge on any atom is 0.326 e. The number of imidazole rings is 1. The van der Waals surface area contributed by atoms with Gasteiger partial charge in [0.25, 0.3) is 0 Å². The fourth-order valence-electron chi connectivity index (χ4n) is 6.63. The summed E-state index contributed by atoms with van der Waals surface area (Å²) >= 11 is 0. The van der Waals surface area contributed by atoms with Crippen LogP contribution in [0.25, 0.3) is 11.0 Å². The smallest absolute Gasteiger partial charge is 0.326 e. The summed E-state index contributed by atoms with van der Waals surface area (Å²) in [7, 11) is 0. The number of para-hydroxylation sites is 2. The molecule has 2 heterocycles. The molecule has 2 aromatic carbocycles. The van der Waals surface area contributed by atoms with Crippen LogP contribution in [-0.2, 0) is 0 Å². The van der Waals surface area contributed by atoms with Gasteiger partial charge in [0.2, 0.25) is 0 Å². The number of anilines is 1. The lowest BCUT2D eigenvalue weighted by molar-refractivity contribution is 0.177. The minimum absolute atomic E-state index is 0.0214. The summed E-state index contributed by atoms with van der Waals surface area (Å²) in [5.41, 5.74) is 2.94. The molecular weight excluding hydrogens is 417 g/mol. The molecule has 0 radical (unpaired) electrons. The highest BCUT2D eigenvalue weighted by molar-refractivity contribution is 5.75. The van der Waals surface area contributed by atoms with Gasteiger partial charge in [-0.3, -0.25) is 9.47 Å². The van der Waals surface area contributed by atoms with Crippen LogP contribution in [0.3, 0.4) is 0 Å².